The first-order chi connectivity index (χ1) is 19.9. The molecular weight excluding hydrogens is 506 g/mol. The van der Waals surface area contributed by atoms with Gasteiger partial charge in [-0.05, 0) is 47.2 Å². The maximum atomic E-state index is 4.82. The Morgan fingerprint density at radius 2 is 0.925 bits per heavy atom. The van der Waals surface area contributed by atoms with Crippen LogP contribution < -0.4 is 4.90 Å². The van der Waals surface area contributed by atoms with Crippen molar-refractivity contribution >= 4 is 50.4 Å². The molecule has 0 atom stereocenters. The number of hydrogen-bond acceptors (Lipinski definition) is 4. The fourth-order valence-electron chi connectivity index (χ4n) is 5.79. The third kappa shape index (κ3) is 3.61. The summed E-state index contributed by atoms with van der Waals surface area (Å²) in [6.45, 7) is 0. The lowest BCUT2D eigenvalue weighted by Gasteiger charge is -2.37. The highest BCUT2D eigenvalue weighted by atomic mass is 32.2. The molecule has 0 saturated heterocycles. The summed E-state index contributed by atoms with van der Waals surface area (Å²) in [5, 5.41) is 4.86. The number of fused-ring (bicyclic) bond motifs is 6. The van der Waals surface area contributed by atoms with Gasteiger partial charge in [-0.15, -0.1) is 0 Å². The molecule has 0 bridgehead atoms. The molecule has 4 heteroatoms. The Hall–Kier alpha value is -4.93. The fraction of sp³-hybridized carbons (Fsp3) is 0. The number of anilines is 3. The Labute approximate surface area is 236 Å². The van der Waals surface area contributed by atoms with E-state index in [-0.39, 0.29) is 0 Å². The lowest BCUT2D eigenvalue weighted by molar-refractivity contribution is 1.18. The third-order valence-corrected chi connectivity index (χ3v) is 8.63. The van der Waals surface area contributed by atoms with Crippen molar-refractivity contribution in [1.29, 1.82) is 0 Å². The molecule has 5 aromatic carbocycles. The van der Waals surface area contributed by atoms with E-state index in [2.05, 4.69) is 120 Å². The summed E-state index contributed by atoms with van der Waals surface area (Å²) in [6.07, 6.45) is 3.73. The minimum absolute atomic E-state index is 0.928. The Morgan fingerprint density at radius 1 is 0.425 bits per heavy atom. The Morgan fingerprint density at radius 3 is 1.43 bits per heavy atom. The van der Waals surface area contributed by atoms with Crippen LogP contribution in [-0.4, -0.2) is 9.97 Å². The van der Waals surface area contributed by atoms with E-state index in [1.807, 2.05) is 36.3 Å². The van der Waals surface area contributed by atoms with Gasteiger partial charge in [-0.1, -0.05) is 103 Å². The monoisotopic (exact) mass is 529 g/mol. The minimum Gasteiger partial charge on any atom is -0.306 e. The molecule has 0 N–H and O–H groups in total. The molecule has 0 unspecified atom stereocenters. The van der Waals surface area contributed by atoms with E-state index in [1.165, 1.54) is 42.7 Å². The van der Waals surface area contributed by atoms with Gasteiger partial charge in [0.2, 0.25) is 0 Å². The van der Waals surface area contributed by atoms with Gasteiger partial charge in [-0.25, -0.2) is 0 Å². The van der Waals surface area contributed by atoms with Crippen molar-refractivity contribution in [1.82, 2.24) is 9.97 Å². The third-order valence-electron chi connectivity index (χ3n) is 7.54. The zero-order chi connectivity index (χ0) is 26.5. The first kappa shape index (κ1) is 23.0. The van der Waals surface area contributed by atoms with Crippen LogP contribution in [0.25, 0.3) is 44.1 Å². The zero-order valence-corrected chi connectivity index (χ0v) is 22.3. The van der Waals surface area contributed by atoms with E-state index in [1.54, 1.807) is 0 Å². The molecule has 0 spiro atoms. The van der Waals surface area contributed by atoms with Gasteiger partial charge in [-0.3, -0.25) is 9.97 Å². The number of nitrogens with zero attached hydrogens (tertiary/aromatic N) is 3. The Balaban J connectivity index is 1.57. The Kier molecular flexibility index (Phi) is 5.39. The highest BCUT2D eigenvalue weighted by molar-refractivity contribution is 7.99. The summed E-state index contributed by atoms with van der Waals surface area (Å²) in [6, 6.07) is 45.0. The highest BCUT2D eigenvalue weighted by Gasteiger charge is 2.32. The summed E-state index contributed by atoms with van der Waals surface area (Å²) in [5.41, 5.74) is 7.44. The average Bonchev–Trinajstić information content (AvgIpc) is 3.04. The molecule has 0 fully saturated rings. The molecule has 1 aliphatic heterocycles. The molecular formula is C36H23N3S. The quantitative estimate of drug-likeness (QED) is 0.228. The molecule has 7 aromatic rings. The van der Waals surface area contributed by atoms with Crippen molar-refractivity contribution < 1.29 is 0 Å². The topological polar surface area (TPSA) is 29.0 Å². The SMILES string of the molecule is c1ccc(-c2cccc(-c3ccccn3)c2N2c3c(ccc4ccccc34)Sc3ccc4ccccc4c32)nc1. The maximum Gasteiger partial charge on any atom is 0.0723 e. The van der Waals surface area contributed by atoms with Gasteiger partial charge in [0.05, 0.1) is 28.5 Å². The molecule has 3 heterocycles. The zero-order valence-electron chi connectivity index (χ0n) is 21.5. The number of rotatable bonds is 3. The predicted octanol–water partition coefficient (Wildman–Crippen LogP) is 10.1. The van der Waals surface area contributed by atoms with Crippen LogP contribution in [0.15, 0.2) is 150 Å². The summed E-state index contributed by atoms with van der Waals surface area (Å²) in [7, 11) is 0. The lowest BCUT2D eigenvalue weighted by atomic mass is 9.96. The van der Waals surface area contributed by atoms with Crippen LogP contribution in [-0.2, 0) is 0 Å². The van der Waals surface area contributed by atoms with Crippen LogP contribution in [0.5, 0.6) is 0 Å². The smallest absolute Gasteiger partial charge is 0.0723 e. The van der Waals surface area contributed by atoms with Crippen LogP contribution in [0, 0.1) is 0 Å². The van der Waals surface area contributed by atoms with Crippen LogP contribution in [0.2, 0.25) is 0 Å². The van der Waals surface area contributed by atoms with Crippen LogP contribution in [0.1, 0.15) is 0 Å². The normalized spacial score (nSPS) is 12.3. The number of hydrogen-bond donors (Lipinski definition) is 0. The number of benzene rings is 5. The van der Waals surface area contributed by atoms with Crippen molar-refractivity contribution in [2.45, 2.75) is 9.79 Å². The summed E-state index contributed by atoms with van der Waals surface area (Å²) in [4.78, 5) is 14.6. The maximum absolute atomic E-state index is 4.82. The first-order valence-corrected chi connectivity index (χ1v) is 14.2. The second-order valence-corrected chi connectivity index (χ2v) is 10.9. The lowest BCUT2D eigenvalue weighted by Crippen LogP contribution is -2.18. The first-order valence-electron chi connectivity index (χ1n) is 13.3. The minimum atomic E-state index is 0.928. The van der Waals surface area contributed by atoms with Gasteiger partial charge >= 0.3 is 0 Å². The second-order valence-electron chi connectivity index (χ2n) is 9.84. The number of aromatic nitrogens is 2. The molecule has 0 aliphatic carbocycles. The molecule has 188 valence electrons. The molecule has 0 radical (unpaired) electrons. The molecule has 0 amide bonds. The van der Waals surface area contributed by atoms with Crippen molar-refractivity contribution in [2.75, 3.05) is 4.90 Å². The van der Waals surface area contributed by atoms with E-state index in [9.17, 15) is 0 Å². The second kappa shape index (κ2) is 9.37. The van der Waals surface area contributed by atoms with E-state index in [4.69, 9.17) is 9.97 Å². The van der Waals surface area contributed by atoms with Crippen molar-refractivity contribution in [3.63, 3.8) is 0 Å². The summed E-state index contributed by atoms with van der Waals surface area (Å²) >= 11 is 1.84. The molecule has 3 nitrogen and oxygen atoms in total. The summed E-state index contributed by atoms with van der Waals surface area (Å²) < 4.78 is 0. The van der Waals surface area contributed by atoms with Gasteiger partial charge in [0.1, 0.15) is 0 Å². The van der Waals surface area contributed by atoms with Crippen molar-refractivity contribution in [2.24, 2.45) is 0 Å². The molecule has 0 saturated carbocycles. The van der Waals surface area contributed by atoms with Gasteiger partial charge in [-0.2, -0.15) is 0 Å². The molecule has 8 rings (SSSR count). The van der Waals surface area contributed by atoms with Crippen molar-refractivity contribution in [3.8, 4) is 22.5 Å². The van der Waals surface area contributed by atoms with Gasteiger partial charge in [0, 0.05) is 44.1 Å². The van der Waals surface area contributed by atoms with E-state index < -0.39 is 0 Å². The van der Waals surface area contributed by atoms with Gasteiger partial charge < -0.3 is 4.90 Å². The van der Waals surface area contributed by atoms with Gasteiger partial charge in [0.15, 0.2) is 0 Å². The van der Waals surface area contributed by atoms with Crippen molar-refractivity contribution in [3.05, 3.63) is 140 Å². The fourth-order valence-corrected chi connectivity index (χ4v) is 6.90. The van der Waals surface area contributed by atoms with Crippen LogP contribution in [0.3, 0.4) is 0 Å². The predicted molar refractivity (Wildman–Crippen MR) is 167 cm³/mol. The number of para-hydroxylation sites is 1. The molecule has 40 heavy (non-hydrogen) atoms. The Bertz CT molecular complexity index is 1890. The largest absolute Gasteiger partial charge is 0.306 e. The average molecular weight is 530 g/mol. The van der Waals surface area contributed by atoms with E-state index in [0.717, 1.165) is 28.2 Å². The van der Waals surface area contributed by atoms with Crippen LogP contribution >= 0.6 is 11.8 Å². The standard InChI is InChI=1S/C36H23N3S/c1-3-12-26-24(10-1)18-20-32-35(26)39(36-27-13-4-2-11-25(27)19-21-33(36)40-32)34-28(30-16-5-7-22-37-30)14-9-15-29(34)31-17-6-8-23-38-31/h1-23H. The van der Waals surface area contributed by atoms with Gasteiger partial charge in [0.25, 0.3) is 0 Å². The molecule has 1 aliphatic rings. The van der Waals surface area contributed by atoms with E-state index in [0.29, 0.717) is 0 Å². The van der Waals surface area contributed by atoms with Crippen LogP contribution in [0.4, 0.5) is 17.1 Å². The van der Waals surface area contributed by atoms with E-state index >= 15 is 0 Å². The number of pyridine rings is 2. The molecule has 2 aromatic heterocycles. The highest BCUT2D eigenvalue weighted by Crippen LogP contribution is 2.58. The summed E-state index contributed by atoms with van der Waals surface area (Å²) in [5.74, 6) is 0.